The van der Waals surface area contributed by atoms with E-state index >= 15 is 0 Å². The zero-order chi connectivity index (χ0) is 10.6. The molecule has 0 saturated heterocycles. The van der Waals surface area contributed by atoms with Gasteiger partial charge in [0.2, 0.25) is 0 Å². The van der Waals surface area contributed by atoms with Crippen LogP contribution in [-0.4, -0.2) is 27.0 Å². The van der Waals surface area contributed by atoms with E-state index in [0.29, 0.717) is 12.2 Å². The molecule has 0 aliphatic heterocycles. The van der Waals surface area contributed by atoms with Crippen molar-refractivity contribution in [3.8, 4) is 5.75 Å². The topological polar surface area (TPSA) is 64.4 Å². The molecule has 0 amide bonds. The maximum atomic E-state index is 10.7. The van der Waals surface area contributed by atoms with E-state index in [1.54, 1.807) is 17.8 Å². The largest absolute Gasteiger partial charge is 0.479 e. The van der Waals surface area contributed by atoms with Gasteiger partial charge in [-0.15, -0.1) is 0 Å². The summed E-state index contributed by atoms with van der Waals surface area (Å²) >= 11 is 0. The van der Waals surface area contributed by atoms with Crippen molar-refractivity contribution in [2.75, 3.05) is 0 Å². The Kier molecular flexibility index (Phi) is 3.50. The molecule has 0 fully saturated rings. The third-order valence-electron chi connectivity index (χ3n) is 1.86. The Hall–Kier alpha value is -1.52. The molecule has 0 saturated carbocycles. The van der Waals surface area contributed by atoms with E-state index in [9.17, 15) is 4.79 Å². The van der Waals surface area contributed by atoms with Crippen LogP contribution in [0.5, 0.6) is 5.75 Å². The molecule has 1 N–H and O–H groups in total. The normalized spacial score (nSPS) is 12.4. The van der Waals surface area contributed by atoms with Gasteiger partial charge in [-0.1, -0.05) is 6.92 Å². The summed E-state index contributed by atoms with van der Waals surface area (Å²) in [6, 6.07) is 0. The zero-order valence-electron chi connectivity index (χ0n) is 8.30. The first-order valence-electron chi connectivity index (χ1n) is 4.59. The number of ether oxygens (including phenoxy) is 1. The highest BCUT2D eigenvalue weighted by atomic mass is 16.5. The summed E-state index contributed by atoms with van der Waals surface area (Å²) in [7, 11) is 0. The second-order valence-electron chi connectivity index (χ2n) is 2.88. The molecule has 0 aliphatic rings. The number of aromatic nitrogens is 2. The lowest BCUT2D eigenvalue weighted by atomic mass is 10.3. The number of hydrogen-bond acceptors (Lipinski definition) is 3. The van der Waals surface area contributed by atoms with Gasteiger partial charge in [0.1, 0.15) is 0 Å². The van der Waals surface area contributed by atoms with Gasteiger partial charge < -0.3 is 9.84 Å². The van der Waals surface area contributed by atoms with Crippen molar-refractivity contribution in [1.82, 2.24) is 9.78 Å². The molecule has 1 unspecified atom stereocenters. The van der Waals surface area contributed by atoms with Crippen LogP contribution in [0.15, 0.2) is 12.4 Å². The van der Waals surface area contributed by atoms with Gasteiger partial charge >= 0.3 is 5.97 Å². The first-order valence-corrected chi connectivity index (χ1v) is 4.59. The van der Waals surface area contributed by atoms with Crippen molar-refractivity contribution in [2.24, 2.45) is 0 Å². The summed E-state index contributed by atoms with van der Waals surface area (Å²) in [4.78, 5) is 10.7. The number of aliphatic carboxylic acids is 1. The summed E-state index contributed by atoms with van der Waals surface area (Å²) in [6.45, 7) is 4.46. The fourth-order valence-electron chi connectivity index (χ4n) is 1.05. The Morgan fingerprint density at radius 3 is 2.86 bits per heavy atom. The monoisotopic (exact) mass is 198 g/mol. The van der Waals surface area contributed by atoms with E-state index in [2.05, 4.69) is 5.10 Å². The quantitative estimate of drug-likeness (QED) is 0.770. The van der Waals surface area contributed by atoms with Crippen molar-refractivity contribution in [3.05, 3.63) is 12.4 Å². The van der Waals surface area contributed by atoms with Gasteiger partial charge in [0.05, 0.1) is 12.4 Å². The summed E-state index contributed by atoms with van der Waals surface area (Å²) in [5.41, 5.74) is 0. The average molecular weight is 198 g/mol. The van der Waals surface area contributed by atoms with E-state index in [-0.39, 0.29) is 0 Å². The number of nitrogens with zero attached hydrogens (tertiary/aromatic N) is 2. The highest BCUT2D eigenvalue weighted by Crippen LogP contribution is 2.12. The number of hydrogen-bond donors (Lipinski definition) is 1. The fourth-order valence-corrected chi connectivity index (χ4v) is 1.05. The highest BCUT2D eigenvalue weighted by Gasteiger charge is 2.17. The van der Waals surface area contributed by atoms with Gasteiger partial charge in [0.25, 0.3) is 0 Å². The minimum atomic E-state index is -0.947. The predicted molar refractivity (Wildman–Crippen MR) is 50.2 cm³/mol. The molecular weight excluding hydrogens is 184 g/mol. The standard InChI is InChI=1S/C9H14N2O3/c1-3-8(9(12)13)14-7-5-10-11(4-2)6-7/h5-6,8H,3-4H2,1-2H3,(H,12,13). The molecule has 0 bridgehead atoms. The minimum absolute atomic E-state index is 0.437. The molecule has 1 rings (SSSR count). The van der Waals surface area contributed by atoms with Crippen LogP contribution in [0.3, 0.4) is 0 Å². The van der Waals surface area contributed by atoms with Gasteiger partial charge in [-0.25, -0.2) is 4.79 Å². The van der Waals surface area contributed by atoms with Gasteiger partial charge in [-0.3, -0.25) is 4.68 Å². The Morgan fingerprint density at radius 2 is 2.43 bits per heavy atom. The summed E-state index contributed by atoms with van der Waals surface area (Å²) in [6.07, 6.45) is 2.86. The molecule has 1 aromatic heterocycles. The van der Waals surface area contributed by atoms with Crippen molar-refractivity contribution in [1.29, 1.82) is 0 Å². The summed E-state index contributed by atoms with van der Waals surface area (Å²) < 4.78 is 6.91. The van der Waals surface area contributed by atoms with Crippen LogP contribution in [-0.2, 0) is 11.3 Å². The first-order chi connectivity index (χ1) is 6.67. The smallest absolute Gasteiger partial charge is 0.344 e. The van der Waals surface area contributed by atoms with Crippen molar-refractivity contribution >= 4 is 5.97 Å². The number of rotatable bonds is 5. The minimum Gasteiger partial charge on any atom is -0.479 e. The summed E-state index contributed by atoms with van der Waals surface area (Å²) in [5.74, 6) is -0.446. The molecule has 0 spiro atoms. The van der Waals surface area contributed by atoms with E-state index in [0.717, 1.165) is 6.54 Å². The van der Waals surface area contributed by atoms with Crippen LogP contribution < -0.4 is 4.74 Å². The van der Waals surface area contributed by atoms with Crippen LogP contribution in [0.2, 0.25) is 0 Å². The van der Waals surface area contributed by atoms with E-state index in [1.165, 1.54) is 6.20 Å². The van der Waals surface area contributed by atoms with Crippen LogP contribution in [0.25, 0.3) is 0 Å². The first kappa shape index (κ1) is 10.6. The molecule has 0 aliphatic carbocycles. The average Bonchev–Trinajstić information content (AvgIpc) is 2.61. The van der Waals surface area contributed by atoms with Gasteiger partial charge in [0.15, 0.2) is 11.9 Å². The number of carboxylic acids is 1. The molecule has 5 nitrogen and oxygen atoms in total. The summed E-state index contributed by atoms with van der Waals surface area (Å²) in [5, 5.41) is 12.7. The molecule has 1 aromatic rings. The second kappa shape index (κ2) is 4.64. The van der Waals surface area contributed by atoms with Crippen LogP contribution >= 0.6 is 0 Å². The van der Waals surface area contributed by atoms with Crippen molar-refractivity contribution in [3.63, 3.8) is 0 Å². The number of aryl methyl sites for hydroxylation is 1. The molecule has 14 heavy (non-hydrogen) atoms. The van der Waals surface area contributed by atoms with E-state index in [4.69, 9.17) is 9.84 Å². The molecule has 5 heteroatoms. The Bertz CT molecular complexity index is 309. The van der Waals surface area contributed by atoms with Gasteiger partial charge in [0, 0.05) is 6.54 Å². The Balaban J connectivity index is 2.62. The maximum Gasteiger partial charge on any atom is 0.344 e. The van der Waals surface area contributed by atoms with E-state index < -0.39 is 12.1 Å². The third-order valence-corrected chi connectivity index (χ3v) is 1.86. The van der Waals surface area contributed by atoms with Gasteiger partial charge in [-0.2, -0.15) is 5.10 Å². The maximum absolute atomic E-state index is 10.7. The lowest BCUT2D eigenvalue weighted by Crippen LogP contribution is -2.25. The molecule has 1 heterocycles. The molecular formula is C9H14N2O3. The van der Waals surface area contributed by atoms with Crippen molar-refractivity contribution in [2.45, 2.75) is 32.9 Å². The second-order valence-corrected chi connectivity index (χ2v) is 2.88. The Labute approximate surface area is 82.3 Å². The van der Waals surface area contributed by atoms with Crippen LogP contribution in [0.1, 0.15) is 20.3 Å². The van der Waals surface area contributed by atoms with Gasteiger partial charge in [-0.05, 0) is 13.3 Å². The third kappa shape index (κ3) is 2.48. The van der Waals surface area contributed by atoms with E-state index in [1.807, 2.05) is 6.92 Å². The SMILES string of the molecule is CCC(Oc1cnn(CC)c1)C(=O)O. The molecule has 0 radical (unpaired) electrons. The molecule has 0 aromatic carbocycles. The van der Waals surface area contributed by atoms with Crippen LogP contribution in [0.4, 0.5) is 0 Å². The Morgan fingerprint density at radius 1 is 1.71 bits per heavy atom. The number of carboxylic acid groups (broad SMARTS) is 1. The van der Waals surface area contributed by atoms with Crippen molar-refractivity contribution < 1.29 is 14.6 Å². The fraction of sp³-hybridized carbons (Fsp3) is 0.556. The zero-order valence-corrected chi connectivity index (χ0v) is 8.30. The lowest BCUT2D eigenvalue weighted by Gasteiger charge is -2.10. The number of carbonyl (C=O) groups is 1. The lowest BCUT2D eigenvalue weighted by molar-refractivity contribution is -0.145. The predicted octanol–water partition coefficient (Wildman–Crippen LogP) is 1.15. The van der Waals surface area contributed by atoms with Crippen LogP contribution in [0, 0.1) is 0 Å². The molecule has 78 valence electrons. The highest BCUT2D eigenvalue weighted by molar-refractivity contribution is 5.72. The molecule has 1 atom stereocenters.